The van der Waals surface area contributed by atoms with Crippen LogP contribution in [0.5, 0.6) is 5.75 Å². The molecule has 8 N–H and O–H groups in total. The van der Waals surface area contributed by atoms with Gasteiger partial charge in [0.05, 0.1) is 16.6 Å². The predicted molar refractivity (Wildman–Crippen MR) is 112 cm³/mol. The summed E-state index contributed by atoms with van der Waals surface area (Å²) in [7, 11) is 0. The molecule has 0 spiro atoms. The zero-order valence-electron chi connectivity index (χ0n) is 16.0. The molecule has 3 aromatic rings. The lowest BCUT2D eigenvalue weighted by Crippen LogP contribution is -2.27. The van der Waals surface area contributed by atoms with Gasteiger partial charge in [0, 0.05) is 12.1 Å². The number of nitrogens with zero attached hydrogens (tertiary/aromatic N) is 3. The van der Waals surface area contributed by atoms with Crippen molar-refractivity contribution in [3.63, 3.8) is 0 Å². The molecule has 10 heteroatoms. The summed E-state index contributed by atoms with van der Waals surface area (Å²) in [4.78, 5) is 32.2. The minimum absolute atomic E-state index is 0.0373. The Morgan fingerprint density at radius 1 is 1.10 bits per heavy atom. The third-order valence-corrected chi connectivity index (χ3v) is 4.63. The zero-order valence-corrected chi connectivity index (χ0v) is 16.0. The molecule has 0 saturated heterocycles. The molecule has 1 amide bonds. The number of carbonyl (C=O) groups is 2. The first-order valence-corrected chi connectivity index (χ1v) is 9.17. The maximum atomic E-state index is 12.3. The maximum Gasteiger partial charge on any atom is 0.335 e. The van der Waals surface area contributed by atoms with Crippen molar-refractivity contribution in [3.05, 3.63) is 48.0 Å². The molecule has 0 unspecified atom stereocenters. The van der Waals surface area contributed by atoms with Crippen molar-refractivity contribution < 1.29 is 19.8 Å². The van der Waals surface area contributed by atoms with Crippen LogP contribution in [0.25, 0.3) is 22.4 Å². The van der Waals surface area contributed by atoms with Crippen LogP contribution >= 0.6 is 0 Å². The summed E-state index contributed by atoms with van der Waals surface area (Å²) in [5.41, 5.74) is 18.1. The fourth-order valence-electron chi connectivity index (χ4n) is 3.25. The molecule has 156 valence electrons. The Balaban J connectivity index is 2.13. The van der Waals surface area contributed by atoms with Crippen LogP contribution in [0.15, 0.2) is 47.5 Å². The second-order valence-electron chi connectivity index (χ2n) is 6.73. The molecule has 1 heterocycles. The topological polar surface area (TPSA) is 183 Å². The molecule has 0 aliphatic heterocycles. The van der Waals surface area contributed by atoms with Gasteiger partial charge in [-0.05, 0) is 55.3 Å². The number of hydrogen-bond donors (Lipinski definition) is 5. The molecule has 0 saturated carbocycles. The summed E-state index contributed by atoms with van der Waals surface area (Å²) in [5.74, 6) is -1.18. The number of nitrogens with two attached hydrogens (primary N) is 3. The molecule has 0 bridgehead atoms. The van der Waals surface area contributed by atoms with Gasteiger partial charge in [-0.1, -0.05) is 0 Å². The van der Waals surface area contributed by atoms with E-state index in [1.165, 1.54) is 24.3 Å². The van der Waals surface area contributed by atoms with Gasteiger partial charge < -0.3 is 32.0 Å². The first-order chi connectivity index (χ1) is 14.3. The summed E-state index contributed by atoms with van der Waals surface area (Å²) < 4.78 is 1.69. The Labute approximate surface area is 171 Å². The van der Waals surface area contributed by atoms with Crippen LogP contribution in [0.2, 0.25) is 0 Å². The summed E-state index contributed by atoms with van der Waals surface area (Å²) >= 11 is 0. The SMILES string of the molecule is NC(=O)[C@@H](CCCN=C(N)N)n1c(-c2ccc(O)cc2)nc2cc(C(=O)O)ccc21. The van der Waals surface area contributed by atoms with Gasteiger partial charge in [0.2, 0.25) is 5.91 Å². The lowest BCUT2D eigenvalue weighted by molar-refractivity contribution is -0.121. The van der Waals surface area contributed by atoms with E-state index in [-0.39, 0.29) is 17.3 Å². The van der Waals surface area contributed by atoms with Crippen LogP contribution in [-0.4, -0.2) is 44.1 Å². The highest BCUT2D eigenvalue weighted by atomic mass is 16.4. The number of aromatic nitrogens is 2. The molecule has 1 aromatic heterocycles. The number of phenols is 1. The highest BCUT2D eigenvalue weighted by molar-refractivity contribution is 5.94. The van der Waals surface area contributed by atoms with E-state index in [1.54, 1.807) is 22.8 Å². The second kappa shape index (κ2) is 8.52. The van der Waals surface area contributed by atoms with Crippen molar-refractivity contribution >= 4 is 28.9 Å². The number of carboxylic acids is 1. The number of carboxylic acid groups (broad SMARTS) is 1. The van der Waals surface area contributed by atoms with Crippen LogP contribution in [0.3, 0.4) is 0 Å². The van der Waals surface area contributed by atoms with Crippen molar-refractivity contribution in [3.8, 4) is 17.1 Å². The van der Waals surface area contributed by atoms with E-state index >= 15 is 0 Å². The minimum Gasteiger partial charge on any atom is -0.508 e. The Kier molecular flexibility index (Phi) is 5.86. The summed E-state index contributed by atoms with van der Waals surface area (Å²) in [6, 6.07) is 10.0. The number of imidazole rings is 1. The van der Waals surface area contributed by atoms with Crippen LogP contribution in [0.1, 0.15) is 29.2 Å². The van der Waals surface area contributed by atoms with Crippen molar-refractivity contribution in [1.82, 2.24) is 9.55 Å². The van der Waals surface area contributed by atoms with Crippen molar-refractivity contribution in [2.24, 2.45) is 22.2 Å². The molecule has 0 radical (unpaired) electrons. The van der Waals surface area contributed by atoms with Crippen LogP contribution in [-0.2, 0) is 4.79 Å². The van der Waals surface area contributed by atoms with Crippen LogP contribution in [0, 0.1) is 0 Å². The van der Waals surface area contributed by atoms with Crippen LogP contribution < -0.4 is 17.2 Å². The lowest BCUT2D eigenvalue weighted by Gasteiger charge is -2.19. The van der Waals surface area contributed by atoms with Gasteiger partial charge in [0.1, 0.15) is 17.6 Å². The molecule has 1 atom stereocenters. The monoisotopic (exact) mass is 410 g/mol. The van der Waals surface area contributed by atoms with Gasteiger partial charge >= 0.3 is 5.97 Å². The minimum atomic E-state index is -1.08. The van der Waals surface area contributed by atoms with Gasteiger partial charge in [0.15, 0.2) is 5.96 Å². The third-order valence-electron chi connectivity index (χ3n) is 4.63. The Bertz CT molecular complexity index is 1120. The average molecular weight is 410 g/mol. The highest BCUT2D eigenvalue weighted by Gasteiger charge is 2.25. The fraction of sp³-hybridized carbons (Fsp3) is 0.200. The number of phenolic OH excluding ortho intramolecular Hbond substituents is 1. The largest absolute Gasteiger partial charge is 0.508 e. The predicted octanol–water partition coefficient (Wildman–Crippen LogP) is 1.19. The Morgan fingerprint density at radius 2 is 1.80 bits per heavy atom. The van der Waals surface area contributed by atoms with Crippen molar-refractivity contribution in [2.75, 3.05) is 6.54 Å². The lowest BCUT2D eigenvalue weighted by atomic mass is 10.1. The van der Waals surface area contributed by atoms with E-state index in [0.717, 1.165) is 0 Å². The van der Waals surface area contributed by atoms with E-state index in [2.05, 4.69) is 9.98 Å². The standard InChI is InChI=1S/C20H22N6O4/c21-17(28)16(2-1-9-24-20(22)23)26-15-8-5-12(19(29)30)10-14(15)25-18(26)11-3-6-13(27)7-4-11/h3-8,10,16,27H,1-2,9H2,(H2,21,28)(H,29,30)(H4,22,23,24)/t16-/m1/s1. The number of guanidine groups is 1. The number of aromatic hydroxyl groups is 1. The number of carbonyl (C=O) groups excluding carboxylic acids is 1. The summed E-state index contributed by atoms with van der Waals surface area (Å²) in [6.07, 6.45) is 0.844. The van der Waals surface area contributed by atoms with E-state index in [1.807, 2.05) is 0 Å². The van der Waals surface area contributed by atoms with Crippen molar-refractivity contribution in [1.29, 1.82) is 0 Å². The molecule has 0 aliphatic carbocycles. The number of benzene rings is 2. The quantitative estimate of drug-likeness (QED) is 0.210. The van der Waals surface area contributed by atoms with Crippen molar-refractivity contribution in [2.45, 2.75) is 18.9 Å². The first kappa shape index (κ1) is 20.6. The second-order valence-corrected chi connectivity index (χ2v) is 6.73. The van der Waals surface area contributed by atoms with E-state index in [0.29, 0.717) is 41.8 Å². The summed E-state index contributed by atoms with van der Waals surface area (Å²) in [5, 5.41) is 18.9. The number of primary amides is 1. The average Bonchev–Trinajstić information content (AvgIpc) is 3.06. The molecule has 10 nitrogen and oxygen atoms in total. The zero-order chi connectivity index (χ0) is 21.8. The fourth-order valence-corrected chi connectivity index (χ4v) is 3.25. The first-order valence-electron chi connectivity index (χ1n) is 9.17. The molecular weight excluding hydrogens is 388 g/mol. The smallest absolute Gasteiger partial charge is 0.335 e. The van der Waals surface area contributed by atoms with Gasteiger partial charge in [-0.3, -0.25) is 9.79 Å². The van der Waals surface area contributed by atoms with Gasteiger partial charge in [0.25, 0.3) is 0 Å². The van der Waals surface area contributed by atoms with Gasteiger partial charge in [-0.15, -0.1) is 0 Å². The van der Waals surface area contributed by atoms with Gasteiger partial charge in [-0.25, -0.2) is 9.78 Å². The van der Waals surface area contributed by atoms with E-state index in [9.17, 15) is 19.8 Å². The normalized spacial score (nSPS) is 11.9. The van der Waals surface area contributed by atoms with E-state index in [4.69, 9.17) is 17.2 Å². The molecule has 0 aliphatic rings. The van der Waals surface area contributed by atoms with E-state index < -0.39 is 17.9 Å². The number of fused-ring (bicyclic) bond motifs is 1. The number of rotatable bonds is 8. The number of aliphatic imine (C=N–C) groups is 1. The molecule has 30 heavy (non-hydrogen) atoms. The number of hydrogen-bond acceptors (Lipinski definition) is 5. The van der Waals surface area contributed by atoms with Crippen LogP contribution in [0.4, 0.5) is 0 Å². The number of amides is 1. The molecule has 3 rings (SSSR count). The Hall–Kier alpha value is -4.08. The summed E-state index contributed by atoms with van der Waals surface area (Å²) in [6.45, 7) is 0.330. The third kappa shape index (κ3) is 4.32. The molecule has 2 aromatic carbocycles. The highest BCUT2D eigenvalue weighted by Crippen LogP contribution is 2.31. The number of aromatic carboxylic acids is 1. The van der Waals surface area contributed by atoms with Gasteiger partial charge in [-0.2, -0.15) is 0 Å². The maximum absolute atomic E-state index is 12.3. The Morgan fingerprint density at radius 3 is 2.40 bits per heavy atom. The molecule has 0 fully saturated rings. The molecular formula is C20H22N6O4.